The summed E-state index contributed by atoms with van der Waals surface area (Å²) in [5.41, 5.74) is 0.580. The Morgan fingerprint density at radius 3 is 2.50 bits per heavy atom. The number of sulfonamides is 1. The van der Waals surface area contributed by atoms with Crippen molar-refractivity contribution in [2.45, 2.75) is 29.8 Å². The van der Waals surface area contributed by atoms with Gasteiger partial charge in [0.2, 0.25) is 10.0 Å². The summed E-state index contributed by atoms with van der Waals surface area (Å²) in [5.74, 6) is 0.717. The molecule has 0 aliphatic rings. The fourth-order valence-corrected chi connectivity index (χ4v) is 4.04. The quantitative estimate of drug-likeness (QED) is 0.414. The minimum atomic E-state index is -3.59. The lowest BCUT2D eigenvalue weighted by Crippen LogP contribution is -2.22. The highest BCUT2D eigenvalue weighted by molar-refractivity contribution is 7.99. The molecule has 2 aromatic rings. The van der Waals surface area contributed by atoms with Crippen LogP contribution in [-0.2, 0) is 30.8 Å². The zero-order chi connectivity index (χ0) is 20.9. The van der Waals surface area contributed by atoms with E-state index in [9.17, 15) is 13.2 Å². The normalized spacial score (nSPS) is 12.1. The van der Waals surface area contributed by atoms with E-state index in [0.29, 0.717) is 16.5 Å². The highest BCUT2D eigenvalue weighted by Gasteiger charge is 2.22. The van der Waals surface area contributed by atoms with Gasteiger partial charge in [-0.2, -0.15) is 0 Å². The van der Waals surface area contributed by atoms with E-state index in [1.807, 2.05) is 0 Å². The number of ketones is 1. The maximum atomic E-state index is 12.5. The van der Waals surface area contributed by atoms with E-state index in [4.69, 9.17) is 9.47 Å². The Labute approximate surface area is 169 Å². The van der Waals surface area contributed by atoms with Gasteiger partial charge >= 0.3 is 0 Å². The third-order valence-corrected chi connectivity index (χ3v) is 6.77. The van der Waals surface area contributed by atoms with Crippen LogP contribution in [0.2, 0.25) is 0 Å². The van der Waals surface area contributed by atoms with Crippen LogP contribution in [0.1, 0.15) is 6.92 Å². The first-order valence-electron chi connectivity index (χ1n) is 8.34. The van der Waals surface area contributed by atoms with Crippen LogP contribution >= 0.6 is 11.8 Å². The molecule has 0 N–H and O–H groups in total. The van der Waals surface area contributed by atoms with Gasteiger partial charge in [0.1, 0.15) is 5.78 Å². The second kappa shape index (κ2) is 9.61. The maximum Gasteiger partial charge on any atom is 0.242 e. The van der Waals surface area contributed by atoms with Gasteiger partial charge in [-0.05, 0) is 19.1 Å². The molecule has 11 heteroatoms. The third kappa shape index (κ3) is 5.17. The van der Waals surface area contributed by atoms with Gasteiger partial charge in [-0.3, -0.25) is 9.36 Å². The van der Waals surface area contributed by atoms with Crippen LogP contribution in [-0.4, -0.2) is 73.6 Å². The van der Waals surface area contributed by atoms with E-state index in [1.54, 1.807) is 22.8 Å². The highest BCUT2D eigenvalue weighted by atomic mass is 32.2. The number of ether oxygens (including phenoxy) is 2. The molecule has 0 saturated carbocycles. The zero-order valence-corrected chi connectivity index (χ0v) is 18.1. The fourth-order valence-electron chi connectivity index (χ4n) is 2.34. The van der Waals surface area contributed by atoms with Crippen LogP contribution in [0.3, 0.4) is 0 Å². The van der Waals surface area contributed by atoms with Crippen molar-refractivity contribution < 1.29 is 22.7 Å². The van der Waals surface area contributed by atoms with Crippen LogP contribution in [0.5, 0.6) is 0 Å². The molecule has 0 fully saturated rings. The number of methoxy groups -OCH3 is 2. The van der Waals surface area contributed by atoms with Crippen molar-refractivity contribution in [1.82, 2.24) is 19.1 Å². The van der Waals surface area contributed by atoms with Crippen molar-refractivity contribution in [1.29, 1.82) is 0 Å². The Morgan fingerprint density at radius 2 is 1.93 bits per heavy atom. The Balaban J connectivity index is 2.51. The number of carbonyl (C=O) groups is 1. The van der Waals surface area contributed by atoms with E-state index in [0.717, 1.165) is 4.31 Å². The molecular formula is C17H24N4O5S2. The number of nitrogens with zero attached hydrogens (tertiary/aromatic N) is 4. The first kappa shape index (κ1) is 22.5. The van der Waals surface area contributed by atoms with E-state index >= 15 is 0 Å². The second-order valence-electron chi connectivity index (χ2n) is 6.12. The average molecular weight is 429 g/mol. The number of carbonyl (C=O) groups excluding carboxylic acids is 1. The van der Waals surface area contributed by atoms with Crippen LogP contribution in [0, 0.1) is 0 Å². The Morgan fingerprint density at radius 1 is 1.25 bits per heavy atom. The smallest absolute Gasteiger partial charge is 0.242 e. The van der Waals surface area contributed by atoms with Crippen molar-refractivity contribution >= 4 is 27.6 Å². The molecular weight excluding hydrogens is 404 g/mol. The molecule has 0 atom stereocenters. The number of rotatable bonds is 10. The molecule has 0 amide bonds. The lowest BCUT2D eigenvalue weighted by Gasteiger charge is -2.17. The predicted molar refractivity (Wildman–Crippen MR) is 106 cm³/mol. The number of aromatic nitrogens is 3. The number of benzene rings is 1. The molecule has 0 aliphatic heterocycles. The molecule has 154 valence electrons. The second-order valence-corrected chi connectivity index (χ2v) is 9.22. The van der Waals surface area contributed by atoms with Crippen molar-refractivity contribution in [3.05, 3.63) is 24.3 Å². The van der Waals surface area contributed by atoms with Crippen LogP contribution in [0.25, 0.3) is 11.4 Å². The van der Waals surface area contributed by atoms with E-state index in [2.05, 4.69) is 10.2 Å². The first-order valence-corrected chi connectivity index (χ1v) is 10.8. The molecule has 9 nitrogen and oxygen atoms in total. The van der Waals surface area contributed by atoms with Gasteiger partial charge < -0.3 is 9.47 Å². The summed E-state index contributed by atoms with van der Waals surface area (Å²) in [4.78, 5) is 11.5. The van der Waals surface area contributed by atoms with Gasteiger partial charge in [-0.15, -0.1) is 10.2 Å². The lowest BCUT2D eigenvalue weighted by atomic mass is 10.2. The maximum absolute atomic E-state index is 12.5. The molecule has 1 aromatic heterocycles. The molecule has 1 aromatic carbocycles. The minimum absolute atomic E-state index is 0.00945. The monoisotopic (exact) mass is 428 g/mol. The van der Waals surface area contributed by atoms with E-state index in [1.165, 1.54) is 53.1 Å². The minimum Gasteiger partial charge on any atom is -0.354 e. The Kier molecular flexibility index (Phi) is 7.72. The molecule has 0 aliphatic carbocycles. The molecule has 0 bridgehead atoms. The van der Waals surface area contributed by atoms with Crippen molar-refractivity contribution in [3.63, 3.8) is 0 Å². The zero-order valence-electron chi connectivity index (χ0n) is 16.4. The molecule has 28 heavy (non-hydrogen) atoms. The van der Waals surface area contributed by atoms with Gasteiger partial charge in [0.15, 0.2) is 17.3 Å². The summed E-state index contributed by atoms with van der Waals surface area (Å²) in [7, 11) is 2.40. The summed E-state index contributed by atoms with van der Waals surface area (Å²) in [5, 5.41) is 8.90. The van der Waals surface area contributed by atoms with Gasteiger partial charge in [0, 0.05) is 33.9 Å². The molecule has 1 heterocycles. The number of thioether (sulfide) groups is 1. The third-order valence-electron chi connectivity index (χ3n) is 3.85. The molecule has 0 saturated heterocycles. The predicted octanol–water partition coefficient (Wildman–Crippen LogP) is 1.50. The largest absolute Gasteiger partial charge is 0.354 e. The highest BCUT2D eigenvalue weighted by Crippen LogP contribution is 2.27. The van der Waals surface area contributed by atoms with Crippen LogP contribution < -0.4 is 0 Å². The molecule has 0 spiro atoms. The van der Waals surface area contributed by atoms with Crippen LogP contribution in [0.15, 0.2) is 34.3 Å². The topological polar surface area (TPSA) is 104 Å². The van der Waals surface area contributed by atoms with Crippen molar-refractivity contribution in [2.24, 2.45) is 0 Å². The summed E-state index contributed by atoms with van der Waals surface area (Å²) in [6.45, 7) is 1.78. The standard InChI is InChI=1S/C17H24N4O5S2/c1-12(22)11-27-17-19-18-16(21(17)10-15(25-4)26-5)13-7-6-8-14(9-13)28(23,24)20(2)3/h6-9,15H,10-11H2,1-5H3. The summed E-state index contributed by atoms with van der Waals surface area (Å²) in [6.07, 6.45) is -0.555. The van der Waals surface area contributed by atoms with Gasteiger partial charge in [0.05, 0.1) is 17.2 Å². The SMILES string of the molecule is COC(Cn1c(SCC(C)=O)nnc1-c1cccc(S(=O)(=O)N(C)C)c1)OC. The number of hydrogen-bond acceptors (Lipinski definition) is 8. The first-order chi connectivity index (χ1) is 13.2. The molecule has 0 radical (unpaired) electrons. The summed E-state index contributed by atoms with van der Waals surface area (Å²) in [6, 6.07) is 6.47. The summed E-state index contributed by atoms with van der Waals surface area (Å²) < 4.78 is 38.4. The van der Waals surface area contributed by atoms with E-state index in [-0.39, 0.29) is 23.0 Å². The van der Waals surface area contributed by atoms with Crippen molar-refractivity contribution in [2.75, 3.05) is 34.1 Å². The number of hydrogen-bond donors (Lipinski definition) is 0. The fraction of sp³-hybridized carbons (Fsp3) is 0.471. The van der Waals surface area contributed by atoms with Crippen molar-refractivity contribution in [3.8, 4) is 11.4 Å². The molecule has 0 unspecified atom stereocenters. The molecule has 2 rings (SSSR count). The summed E-state index contributed by atoms with van der Waals surface area (Å²) >= 11 is 1.25. The van der Waals surface area contributed by atoms with Gasteiger partial charge in [-0.25, -0.2) is 12.7 Å². The average Bonchev–Trinajstić information content (AvgIpc) is 3.06. The van der Waals surface area contributed by atoms with Gasteiger partial charge in [-0.1, -0.05) is 23.9 Å². The van der Waals surface area contributed by atoms with Crippen LogP contribution in [0.4, 0.5) is 0 Å². The van der Waals surface area contributed by atoms with E-state index < -0.39 is 16.3 Å². The number of Topliss-reactive ketones (excluding diaryl/α,β-unsaturated/α-hetero) is 1. The van der Waals surface area contributed by atoms with Gasteiger partial charge in [0.25, 0.3) is 0 Å². The Bertz CT molecular complexity index is 923. The lowest BCUT2D eigenvalue weighted by molar-refractivity contribution is -0.114. The Hall–Kier alpha value is -1.79.